The van der Waals surface area contributed by atoms with Crippen LogP contribution in [-0.4, -0.2) is 48.8 Å². The summed E-state index contributed by atoms with van der Waals surface area (Å²) in [6, 6.07) is 5.44. The second-order valence-electron chi connectivity index (χ2n) is 6.57. The fraction of sp³-hybridized carbons (Fsp3) is 0.562. The monoisotopic (exact) mass is 337 g/mol. The van der Waals surface area contributed by atoms with Gasteiger partial charge in [0.2, 0.25) is 0 Å². The molecule has 0 saturated heterocycles. The van der Waals surface area contributed by atoms with E-state index in [0.717, 1.165) is 11.0 Å². The van der Waals surface area contributed by atoms with Crippen molar-refractivity contribution in [1.29, 1.82) is 0 Å². The number of amides is 1. The van der Waals surface area contributed by atoms with Gasteiger partial charge in [0.25, 0.3) is 0 Å². The highest BCUT2D eigenvalue weighted by atomic mass is 16.6. The second-order valence-corrected chi connectivity index (χ2v) is 6.57. The molecule has 3 N–H and O–H groups in total. The highest BCUT2D eigenvalue weighted by Gasteiger charge is 2.34. The van der Waals surface area contributed by atoms with Crippen molar-refractivity contribution >= 4 is 19.0 Å². The number of ether oxygens (including phenoxy) is 2. The summed E-state index contributed by atoms with van der Waals surface area (Å²) in [6.07, 6.45) is -2.08. The molecule has 1 amide bonds. The average molecular weight is 337 g/mol. The van der Waals surface area contributed by atoms with Crippen LogP contribution in [0.5, 0.6) is 5.75 Å². The summed E-state index contributed by atoms with van der Waals surface area (Å²) in [6.45, 7) is 5.70. The molecule has 1 aliphatic rings. The molecule has 0 fully saturated rings. The van der Waals surface area contributed by atoms with E-state index < -0.39 is 24.0 Å². The average Bonchev–Trinajstić information content (AvgIpc) is 2.90. The molecule has 2 atom stereocenters. The number of aliphatic hydroxyl groups is 2. The SMILES string of the molecule is CC(C)(C)OC(=O)NC(O)C1OBc2c(OCCCO)cccc21. The van der Waals surface area contributed by atoms with E-state index in [9.17, 15) is 9.90 Å². The minimum atomic E-state index is -1.23. The molecule has 7 nitrogen and oxygen atoms in total. The van der Waals surface area contributed by atoms with Gasteiger partial charge < -0.3 is 24.3 Å². The Morgan fingerprint density at radius 2 is 2.21 bits per heavy atom. The minimum absolute atomic E-state index is 0.0622. The summed E-state index contributed by atoms with van der Waals surface area (Å²) in [5.41, 5.74) is 0.955. The highest BCUT2D eigenvalue weighted by molar-refractivity contribution is 6.50. The molecule has 132 valence electrons. The van der Waals surface area contributed by atoms with Gasteiger partial charge >= 0.3 is 13.6 Å². The van der Waals surface area contributed by atoms with Gasteiger partial charge in [-0.25, -0.2) is 4.79 Å². The Kier molecular flexibility index (Phi) is 6.09. The first kappa shape index (κ1) is 18.6. The molecule has 0 aromatic heterocycles. The second kappa shape index (κ2) is 7.87. The number of carbonyl (C=O) groups excluding carboxylic acids is 1. The largest absolute Gasteiger partial charge is 0.494 e. The molecule has 1 heterocycles. The van der Waals surface area contributed by atoms with Crippen molar-refractivity contribution in [3.8, 4) is 5.75 Å². The summed E-state index contributed by atoms with van der Waals surface area (Å²) >= 11 is 0. The molecule has 2 unspecified atom stereocenters. The van der Waals surface area contributed by atoms with E-state index in [1.807, 2.05) is 12.1 Å². The Morgan fingerprint density at radius 1 is 1.46 bits per heavy atom. The third-order valence-corrected chi connectivity index (χ3v) is 3.39. The number of hydrogen-bond donors (Lipinski definition) is 3. The fourth-order valence-corrected chi connectivity index (χ4v) is 2.41. The number of carbonyl (C=O) groups is 1. The molecule has 24 heavy (non-hydrogen) atoms. The van der Waals surface area contributed by atoms with Crippen LogP contribution in [0, 0.1) is 0 Å². The van der Waals surface area contributed by atoms with Crippen molar-refractivity contribution in [2.45, 2.75) is 45.1 Å². The standard InChI is InChI=1S/C16H24BNO6/c1-16(2,3)23-15(21)18-14(20)13-10-6-4-7-11(12(10)17-24-13)22-9-5-8-19/h4,6-7,13-14,17,19-20H,5,8-9H2,1-3H3,(H,18,21). The number of alkyl carbamates (subject to hydrolysis) is 1. The molecule has 0 spiro atoms. The van der Waals surface area contributed by atoms with E-state index in [4.69, 9.17) is 19.2 Å². The smallest absolute Gasteiger partial charge is 0.409 e. The topological polar surface area (TPSA) is 97.3 Å². The summed E-state index contributed by atoms with van der Waals surface area (Å²) in [5.74, 6) is 0.660. The van der Waals surface area contributed by atoms with E-state index in [1.54, 1.807) is 26.8 Å². The van der Waals surface area contributed by atoms with E-state index in [2.05, 4.69) is 5.32 Å². The van der Waals surface area contributed by atoms with E-state index >= 15 is 0 Å². The zero-order valence-electron chi connectivity index (χ0n) is 14.2. The molecular weight excluding hydrogens is 313 g/mol. The summed E-state index contributed by atoms with van der Waals surface area (Å²) in [7, 11) is 0.280. The van der Waals surface area contributed by atoms with Crippen molar-refractivity contribution in [2.24, 2.45) is 0 Å². The summed E-state index contributed by atoms with van der Waals surface area (Å²) in [4.78, 5) is 11.8. The Labute approximate surface area is 142 Å². The van der Waals surface area contributed by atoms with Crippen LogP contribution in [0.25, 0.3) is 0 Å². The minimum Gasteiger partial charge on any atom is -0.494 e. The maximum atomic E-state index is 11.8. The van der Waals surface area contributed by atoms with Gasteiger partial charge in [-0.1, -0.05) is 12.1 Å². The van der Waals surface area contributed by atoms with E-state index in [1.165, 1.54) is 0 Å². The molecular formula is C16H24BNO6. The van der Waals surface area contributed by atoms with Gasteiger partial charge in [0.15, 0.2) is 6.23 Å². The lowest BCUT2D eigenvalue weighted by Crippen LogP contribution is -2.42. The van der Waals surface area contributed by atoms with Gasteiger partial charge in [-0.05, 0) is 37.9 Å². The third kappa shape index (κ3) is 4.86. The maximum absolute atomic E-state index is 11.8. The van der Waals surface area contributed by atoms with Gasteiger partial charge in [-0.2, -0.15) is 0 Å². The molecule has 0 radical (unpaired) electrons. The Hall–Kier alpha value is -1.77. The van der Waals surface area contributed by atoms with Crippen LogP contribution in [0.3, 0.4) is 0 Å². The Bertz CT molecular complexity index is 574. The Morgan fingerprint density at radius 3 is 2.88 bits per heavy atom. The van der Waals surface area contributed by atoms with Crippen LogP contribution >= 0.6 is 0 Å². The summed E-state index contributed by atoms with van der Waals surface area (Å²) in [5, 5.41) is 21.5. The molecule has 1 aromatic rings. The molecule has 0 saturated carbocycles. The zero-order chi connectivity index (χ0) is 17.7. The Balaban J connectivity index is 2.03. The number of nitrogens with one attached hydrogen (secondary N) is 1. The van der Waals surface area contributed by atoms with Crippen LogP contribution in [0.15, 0.2) is 18.2 Å². The highest BCUT2D eigenvalue weighted by Crippen LogP contribution is 2.27. The lowest BCUT2D eigenvalue weighted by Gasteiger charge is -2.24. The van der Waals surface area contributed by atoms with E-state index in [-0.39, 0.29) is 14.1 Å². The number of hydrogen-bond acceptors (Lipinski definition) is 6. The van der Waals surface area contributed by atoms with Crippen molar-refractivity contribution in [1.82, 2.24) is 5.32 Å². The van der Waals surface area contributed by atoms with Crippen molar-refractivity contribution in [2.75, 3.05) is 13.2 Å². The third-order valence-electron chi connectivity index (χ3n) is 3.39. The molecule has 2 rings (SSSR count). The van der Waals surface area contributed by atoms with Crippen molar-refractivity contribution < 1.29 is 29.1 Å². The first-order chi connectivity index (χ1) is 11.3. The lowest BCUT2D eigenvalue weighted by molar-refractivity contribution is -0.000294. The van der Waals surface area contributed by atoms with Gasteiger partial charge in [0.05, 0.1) is 6.61 Å². The molecule has 1 aromatic carbocycles. The molecule has 8 heteroatoms. The number of benzene rings is 1. The van der Waals surface area contributed by atoms with Crippen LogP contribution < -0.4 is 15.5 Å². The quantitative estimate of drug-likeness (QED) is 0.393. The number of aliphatic hydroxyl groups excluding tert-OH is 2. The van der Waals surface area contributed by atoms with Crippen molar-refractivity contribution in [3.05, 3.63) is 23.8 Å². The first-order valence-corrected chi connectivity index (χ1v) is 7.96. The molecule has 0 aliphatic carbocycles. The van der Waals surface area contributed by atoms with Gasteiger partial charge in [-0.3, -0.25) is 5.32 Å². The number of fused-ring (bicyclic) bond motifs is 1. The maximum Gasteiger partial charge on any atom is 0.409 e. The zero-order valence-corrected chi connectivity index (χ0v) is 14.2. The predicted molar refractivity (Wildman–Crippen MR) is 89.6 cm³/mol. The van der Waals surface area contributed by atoms with Crippen LogP contribution in [0.4, 0.5) is 4.79 Å². The summed E-state index contributed by atoms with van der Waals surface area (Å²) < 4.78 is 16.4. The lowest BCUT2D eigenvalue weighted by atomic mass is 9.85. The van der Waals surface area contributed by atoms with Gasteiger partial charge in [0.1, 0.15) is 17.5 Å². The van der Waals surface area contributed by atoms with Crippen LogP contribution in [0.2, 0.25) is 0 Å². The van der Waals surface area contributed by atoms with Gasteiger partial charge in [0, 0.05) is 13.0 Å². The molecule has 0 bridgehead atoms. The van der Waals surface area contributed by atoms with Crippen molar-refractivity contribution in [3.63, 3.8) is 0 Å². The van der Waals surface area contributed by atoms with Crippen LogP contribution in [0.1, 0.15) is 38.9 Å². The molecule has 1 aliphatic heterocycles. The van der Waals surface area contributed by atoms with Gasteiger partial charge in [-0.15, -0.1) is 0 Å². The normalized spacial score (nSPS) is 17.6. The number of rotatable bonds is 6. The first-order valence-electron chi connectivity index (χ1n) is 7.96. The fourth-order valence-electron chi connectivity index (χ4n) is 2.41. The van der Waals surface area contributed by atoms with E-state index in [0.29, 0.717) is 18.8 Å². The predicted octanol–water partition coefficient (Wildman–Crippen LogP) is 0.339. The van der Waals surface area contributed by atoms with Crippen LogP contribution in [-0.2, 0) is 9.39 Å².